The van der Waals surface area contributed by atoms with Gasteiger partial charge in [-0.25, -0.2) is 4.98 Å². The second-order valence-corrected chi connectivity index (χ2v) is 6.53. The van der Waals surface area contributed by atoms with Crippen LogP contribution in [0.1, 0.15) is 18.3 Å². The van der Waals surface area contributed by atoms with Gasteiger partial charge in [0.2, 0.25) is 0 Å². The maximum atomic E-state index is 12.2. The largest absolute Gasteiger partial charge is 0.325 e. The second kappa shape index (κ2) is 7.06. The number of para-hydroxylation sites is 1. The lowest BCUT2D eigenvalue weighted by Gasteiger charge is -2.17. The highest BCUT2D eigenvalue weighted by Crippen LogP contribution is 2.10. The highest BCUT2D eigenvalue weighted by molar-refractivity contribution is 9.10. The van der Waals surface area contributed by atoms with Crippen LogP contribution in [0.5, 0.6) is 0 Å². The summed E-state index contributed by atoms with van der Waals surface area (Å²) in [6.45, 7) is 4.72. The van der Waals surface area contributed by atoms with Gasteiger partial charge < -0.3 is 9.88 Å². The topological polar surface area (TPSA) is 50.2 Å². The molecule has 0 fully saturated rings. The molecule has 0 radical (unpaired) electrons. The molecule has 1 aromatic heterocycles. The Balaban J connectivity index is 1.81. The Hall–Kier alpha value is -1.98. The summed E-state index contributed by atoms with van der Waals surface area (Å²) >= 11 is 3.46. The highest BCUT2D eigenvalue weighted by atomic mass is 79.9. The molecule has 0 aliphatic heterocycles. The molecule has 0 saturated carbocycles. The van der Waals surface area contributed by atoms with Crippen molar-refractivity contribution in [2.75, 3.05) is 6.54 Å². The van der Waals surface area contributed by atoms with Gasteiger partial charge in [0.1, 0.15) is 13.1 Å². The maximum absolute atomic E-state index is 12.2. The van der Waals surface area contributed by atoms with E-state index in [1.54, 1.807) is 6.07 Å². The van der Waals surface area contributed by atoms with E-state index < -0.39 is 0 Å². The number of rotatable bonds is 5. The van der Waals surface area contributed by atoms with Crippen LogP contribution in [0.3, 0.4) is 0 Å². The third kappa shape index (κ3) is 3.86. The standard InChI is InChI=1S/C18H18BrN3O/c1-2-22(11-13-7-9-14(19)10-8-13)12-17-20-16-6-4-3-5-15(16)18(23)21-17/h3-10H,2,11-12H2,1H3,(H,20,21,23)/p+1. The number of aromatic amines is 1. The number of nitrogens with zero attached hydrogens (tertiary/aromatic N) is 1. The lowest BCUT2D eigenvalue weighted by molar-refractivity contribution is -0.926. The Kier molecular flexibility index (Phi) is 4.88. The molecular formula is C18H19BrN3O+. The minimum Gasteiger partial charge on any atom is -0.325 e. The van der Waals surface area contributed by atoms with Gasteiger partial charge in [-0.15, -0.1) is 0 Å². The monoisotopic (exact) mass is 372 g/mol. The molecule has 2 N–H and O–H groups in total. The number of benzene rings is 2. The van der Waals surface area contributed by atoms with E-state index in [0.29, 0.717) is 11.9 Å². The summed E-state index contributed by atoms with van der Waals surface area (Å²) < 4.78 is 1.08. The van der Waals surface area contributed by atoms with Gasteiger partial charge in [-0.3, -0.25) is 4.79 Å². The zero-order valence-corrected chi connectivity index (χ0v) is 14.6. The predicted molar refractivity (Wildman–Crippen MR) is 95.4 cm³/mol. The van der Waals surface area contributed by atoms with Crippen molar-refractivity contribution in [3.63, 3.8) is 0 Å². The zero-order valence-electron chi connectivity index (χ0n) is 13.0. The summed E-state index contributed by atoms with van der Waals surface area (Å²) in [7, 11) is 0. The number of fused-ring (bicyclic) bond motifs is 1. The summed E-state index contributed by atoms with van der Waals surface area (Å²) in [4.78, 5) is 21.0. The molecule has 23 heavy (non-hydrogen) atoms. The molecule has 3 aromatic rings. The van der Waals surface area contributed by atoms with Gasteiger partial charge in [0.05, 0.1) is 17.4 Å². The fourth-order valence-corrected chi connectivity index (χ4v) is 2.92. The van der Waals surface area contributed by atoms with Crippen LogP contribution in [0.2, 0.25) is 0 Å². The highest BCUT2D eigenvalue weighted by Gasteiger charge is 2.12. The summed E-state index contributed by atoms with van der Waals surface area (Å²) in [5.74, 6) is 0.739. The van der Waals surface area contributed by atoms with Crippen LogP contribution < -0.4 is 10.5 Å². The Morgan fingerprint density at radius 2 is 1.83 bits per heavy atom. The van der Waals surface area contributed by atoms with Gasteiger partial charge in [-0.1, -0.05) is 40.2 Å². The average molecular weight is 373 g/mol. The molecule has 0 saturated heterocycles. The van der Waals surface area contributed by atoms with Crippen molar-refractivity contribution in [2.45, 2.75) is 20.0 Å². The summed E-state index contributed by atoms with van der Waals surface area (Å²) in [5.41, 5.74) is 1.96. The predicted octanol–water partition coefficient (Wildman–Crippen LogP) is 2.29. The van der Waals surface area contributed by atoms with Gasteiger partial charge in [0.25, 0.3) is 5.56 Å². The lowest BCUT2D eigenvalue weighted by atomic mass is 10.2. The van der Waals surface area contributed by atoms with Crippen molar-refractivity contribution >= 4 is 26.8 Å². The van der Waals surface area contributed by atoms with Crippen molar-refractivity contribution in [1.82, 2.24) is 9.97 Å². The number of hydrogen-bond acceptors (Lipinski definition) is 2. The SMILES string of the molecule is CC[NH+](Cc1ccc(Br)cc1)Cc1nc2ccccc2c(=O)[nH]1. The smallest absolute Gasteiger partial charge is 0.258 e. The van der Waals surface area contributed by atoms with Crippen LogP contribution >= 0.6 is 15.9 Å². The molecule has 0 bridgehead atoms. The minimum absolute atomic E-state index is 0.0651. The normalized spacial score (nSPS) is 12.4. The zero-order chi connectivity index (χ0) is 16.2. The quantitative estimate of drug-likeness (QED) is 0.721. The van der Waals surface area contributed by atoms with Crippen molar-refractivity contribution < 1.29 is 4.90 Å². The van der Waals surface area contributed by atoms with Crippen LogP contribution in [0.25, 0.3) is 10.9 Å². The molecule has 0 amide bonds. The number of hydrogen-bond donors (Lipinski definition) is 2. The number of quaternary nitrogens is 1. The van der Waals surface area contributed by atoms with Crippen LogP contribution in [-0.2, 0) is 13.1 Å². The first-order valence-electron chi connectivity index (χ1n) is 7.71. The van der Waals surface area contributed by atoms with E-state index >= 15 is 0 Å². The molecular weight excluding hydrogens is 354 g/mol. The Morgan fingerprint density at radius 3 is 2.57 bits per heavy atom. The number of aromatic nitrogens is 2. The van der Waals surface area contributed by atoms with Crippen LogP contribution in [0.15, 0.2) is 57.8 Å². The molecule has 1 atom stereocenters. The molecule has 0 aliphatic rings. The van der Waals surface area contributed by atoms with Gasteiger partial charge in [0.15, 0.2) is 5.82 Å². The average Bonchev–Trinajstić information content (AvgIpc) is 2.56. The van der Waals surface area contributed by atoms with E-state index in [4.69, 9.17) is 0 Å². The van der Waals surface area contributed by atoms with Crippen molar-refractivity contribution in [3.8, 4) is 0 Å². The van der Waals surface area contributed by atoms with E-state index in [9.17, 15) is 4.79 Å². The van der Waals surface area contributed by atoms with Gasteiger partial charge in [-0.2, -0.15) is 0 Å². The molecule has 118 valence electrons. The number of nitrogens with one attached hydrogen (secondary N) is 2. The second-order valence-electron chi connectivity index (χ2n) is 5.61. The molecule has 5 heteroatoms. The Labute approximate surface area is 143 Å². The van der Waals surface area contributed by atoms with Crippen LogP contribution in [-0.4, -0.2) is 16.5 Å². The molecule has 2 aromatic carbocycles. The van der Waals surface area contributed by atoms with E-state index in [2.05, 4.69) is 57.1 Å². The molecule has 1 unspecified atom stereocenters. The van der Waals surface area contributed by atoms with Crippen molar-refractivity contribution in [1.29, 1.82) is 0 Å². The minimum atomic E-state index is -0.0651. The van der Waals surface area contributed by atoms with Crippen LogP contribution in [0, 0.1) is 0 Å². The fraction of sp³-hybridized carbons (Fsp3) is 0.222. The summed E-state index contributed by atoms with van der Waals surface area (Å²) in [5, 5.41) is 0.641. The number of H-pyrrole nitrogens is 1. The Morgan fingerprint density at radius 1 is 1.09 bits per heavy atom. The molecule has 0 spiro atoms. The third-order valence-electron chi connectivity index (χ3n) is 3.95. The van der Waals surface area contributed by atoms with Gasteiger partial charge >= 0.3 is 0 Å². The van der Waals surface area contributed by atoms with E-state index in [0.717, 1.165) is 28.9 Å². The first-order chi connectivity index (χ1) is 11.2. The molecule has 1 heterocycles. The molecule has 0 aliphatic carbocycles. The lowest BCUT2D eigenvalue weighted by Crippen LogP contribution is -3.09. The van der Waals surface area contributed by atoms with Crippen molar-refractivity contribution in [3.05, 3.63) is 74.7 Å². The number of halogens is 1. The van der Waals surface area contributed by atoms with E-state index in [-0.39, 0.29) is 5.56 Å². The molecule has 3 rings (SSSR count). The first-order valence-corrected chi connectivity index (χ1v) is 8.51. The Bertz CT molecular complexity index is 858. The van der Waals surface area contributed by atoms with Crippen molar-refractivity contribution in [2.24, 2.45) is 0 Å². The van der Waals surface area contributed by atoms with Gasteiger partial charge in [0, 0.05) is 10.0 Å². The van der Waals surface area contributed by atoms with Gasteiger partial charge in [-0.05, 0) is 31.2 Å². The summed E-state index contributed by atoms with van der Waals surface area (Å²) in [6.07, 6.45) is 0. The maximum Gasteiger partial charge on any atom is 0.258 e. The van der Waals surface area contributed by atoms with E-state index in [1.165, 1.54) is 10.5 Å². The first kappa shape index (κ1) is 15.9. The fourth-order valence-electron chi connectivity index (χ4n) is 2.66. The summed E-state index contributed by atoms with van der Waals surface area (Å²) in [6, 6.07) is 15.8. The van der Waals surface area contributed by atoms with E-state index in [1.807, 2.05) is 18.2 Å². The van der Waals surface area contributed by atoms with Crippen LogP contribution in [0.4, 0.5) is 0 Å². The molecule has 4 nitrogen and oxygen atoms in total. The third-order valence-corrected chi connectivity index (χ3v) is 4.48.